The van der Waals surface area contributed by atoms with Crippen molar-refractivity contribution in [2.24, 2.45) is 0 Å². The molecule has 0 unspecified atom stereocenters. The van der Waals surface area contributed by atoms with Crippen molar-refractivity contribution in [2.75, 3.05) is 13.7 Å². The molecule has 0 aromatic heterocycles. The van der Waals surface area contributed by atoms with E-state index >= 15 is 0 Å². The summed E-state index contributed by atoms with van der Waals surface area (Å²) < 4.78 is 5.35. The van der Waals surface area contributed by atoms with Gasteiger partial charge in [-0.05, 0) is 48.7 Å². The number of nitrogens with zero attached hydrogens (tertiary/aromatic N) is 1. The molecule has 0 aliphatic carbocycles. The largest absolute Gasteiger partial charge is 0.497 e. The van der Waals surface area contributed by atoms with Crippen LogP contribution in [0.25, 0.3) is 0 Å². The standard InChI is InChI=1S/C19H25NO/c1-4-12-20(14-17-8-6-5-7-9-17)15-18-13-19(21-3)11-10-16(18)2/h5-11,13H,4,12,14-15H2,1-3H3. The maximum Gasteiger partial charge on any atom is 0.119 e. The average Bonchev–Trinajstić information content (AvgIpc) is 2.51. The number of rotatable bonds is 7. The molecule has 0 saturated carbocycles. The van der Waals surface area contributed by atoms with Gasteiger partial charge in [-0.3, -0.25) is 4.90 Å². The van der Waals surface area contributed by atoms with Gasteiger partial charge < -0.3 is 4.74 Å². The number of aryl methyl sites for hydroxylation is 1. The van der Waals surface area contributed by atoms with Crippen LogP contribution in [0, 0.1) is 6.92 Å². The fourth-order valence-electron chi connectivity index (χ4n) is 2.56. The quantitative estimate of drug-likeness (QED) is 0.746. The molecule has 2 aromatic rings. The average molecular weight is 283 g/mol. The molecule has 0 atom stereocenters. The van der Waals surface area contributed by atoms with E-state index in [1.54, 1.807) is 7.11 Å². The zero-order chi connectivity index (χ0) is 15.1. The second kappa shape index (κ2) is 7.84. The monoisotopic (exact) mass is 283 g/mol. The van der Waals surface area contributed by atoms with Crippen molar-refractivity contribution in [3.8, 4) is 5.75 Å². The van der Waals surface area contributed by atoms with E-state index in [4.69, 9.17) is 4.74 Å². The second-order valence-electron chi connectivity index (χ2n) is 5.49. The fourth-order valence-corrected chi connectivity index (χ4v) is 2.56. The van der Waals surface area contributed by atoms with Crippen molar-refractivity contribution in [3.63, 3.8) is 0 Å². The SMILES string of the molecule is CCCN(Cc1ccccc1)Cc1cc(OC)ccc1C. The van der Waals surface area contributed by atoms with Crippen molar-refractivity contribution in [1.82, 2.24) is 4.90 Å². The Morgan fingerprint density at radius 1 is 1.00 bits per heavy atom. The first kappa shape index (κ1) is 15.6. The maximum absolute atomic E-state index is 5.35. The predicted molar refractivity (Wildman–Crippen MR) is 88.6 cm³/mol. The second-order valence-corrected chi connectivity index (χ2v) is 5.49. The lowest BCUT2D eigenvalue weighted by molar-refractivity contribution is 0.256. The molecular formula is C19H25NO. The Hall–Kier alpha value is -1.80. The van der Waals surface area contributed by atoms with E-state index < -0.39 is 0 Å². The first-order valence-electron chi connectivity index (χ1n) is 7.62. The Bertz CT molecular complexity index is 551. The Morgan fingerprint density at radius 3 is 2.43 bits per heavy atom. The van der Waals surface area contributed by atoms with Gasteiger partial charge in [0.1, 0.15) is 5.75 Å². The van der Waals surface area contributed by atoms with Gasteiger partial charge in [-0.2, -0.15) is 0 Å². The fraction of sp³-hybridized carbons (Fsp3) is 0.368. The Kier molecular flexibility index (Phi) is 5.82. The lowest BCUT2D eigenvalue weighted by atomic mass is 10.1. The zero-order valence-corrected chi connectivity index (χ0v) is 13.3. The molecule has 0 spiro atoms. The lowest BCUT2D eigenvalue weighted by Crippen LogP contribution is -2.24. The number of ether oxygens (including phenoxy) is 1. The zero-order valence-electron chi connectivity index (χ0n) is 13.3. The summed E-state index contributed by atoms with van der Waals surface area (Å²) in [5.74, 6) is 0.937. The molecule has 0 amide bonds. The molecule has 0 aliphatic rings. The van der Waals surface area contributed by atoms with Crippen molar-refractivity contribution in [1.29, 1.82) is 0 Å². The molecular weight excluding hydrogens is 258 g/mol. The number of methoxy groups -OCH3 is 1. The minimum Gasteiger partial charge on any atom is -0.497 e. The van der Waals surface area contributed by atoms with Crippen molar-refractivity contribution >= 4 is 0 Å². The smallest absolute Gasteiger partial charge is 0.119 e. The number of hydrogen-bond acceptors (Lipinski definition) is 2. The van der Waals surface area contributed by atoms with Crippen LogP contribution in [0.5, 0.6) is 5.75 Å². The van der Waals surface area contributed by atoms with Gasteiger partial charge in [0.25, 0.3) is 0 Å². The summed E-state index contributed by atoms with van der Waals surface area (Å²) in [6.07, 6.45) is 1.16. The molecule has 2 nitrogen and oxygen atoms in total. The van der Waals surface area contributed by atoms with E-state index in [-0.39, 0.29) is 0 Å². The van der Waals surface area contributed by atoms with Crippen molar-refractivity contribution in [3.05, 3.63) is 65.2 Å². The van der Waals surface area contributed by atoms with Gasteiger partial charge in [0.15, 0.2) is 0 Å². The number of benzene rings is 2. The summed E-state index contributed by atoms with van der Waals surface area (Å²) in [4.78, 5) is 2.50. The summed E-state index contributed by atoms with van der Waals surface area (Å²) in [6.45, 7) is 7.46. The summed E-state index contributed by atoms with van der Waals surface area (Å²) in [5.41, 5.74) is 4.04. The van der Waals surface area contributed by atoms with Crippen LogP contribution in [0.15, 0.2) is 48.5 Å². The molecule has 0 aliphatic heterocycles. The lowest BCUT2D eigenvalue weighted by Gasteiger charge is -2.23. The molecule has 2 heteroatoms. The summed E-state index contributed by atoms with van der Waals surface area (Å²) in [5, 5.41) is 0. The first-order valence-corrected chi connectivity index (χ1v) is 7.62. The molecule has 2 aromatic carbocycles. The molecule has 0 bridgehead atoms. The Morgan fingerprint density at radius 2 is 1.76 bits per heavy atom. The van der Waals surface area contributed by atoms with Crippen LogP contribution in [-0.2, 0) is 13.1 Å². The predicted octanol–water partition coefficient (Wildman–Crippen LogP) is 4.42. The topological polar surface area (TPSA) is 12.5 Å². The van der Waals surface area contributed by atoms with Gasteiger partial charge in [0, 0.05) is 13.1 Å². The molecule has 112 valence electrons. The van der Waals surface area contributed by atoms with Gasteiger partial charge in [0.2, 0.25) is 0 Å². The third-order valence-corrected chi connectivity index (χ3v) is 3.74. The van der Waals surface area contributed by atoms with Gasteiger partial charge in [-0.25, -0.2) is 0 Å². The van der Waals surface area contributed by atoms with E-state index in [0.717, 1.165) is 31.8 Å². The summed E-state index contributed by atoms with van der Waals surface area (Å²) >= 11 is 0. The van der Waals surface area contributed by atoms with E-state index in [1.165, 1.54) is 16.7 Å². The van der Waals surface area contributed by atoms with E-state index in [1.807, 2.05) is 6.07 Å². The third-order valence-electron chi connectivity index (χ3n) is 3.74. The van der Waals surface area contributed by atoms with E-state index in [0.29, 0.717) is 0 Å². The highest BCUT2D eigenvalue weighted by Crippen LogP contribution is 2.19. The van der Waals surface area contributed by atoms with Crippen LogP contribution in [-0.4, -0.2) is 18.6 Å². The highest BCUT2D eigenvalue weighted by Gasteiger charge is 2.09. The van der Waals surface area contributed by atoms with Crippen LogP contribution < -0.4 is 4.74 Å². The van der Waals surface area contributed by atoms with Gasteiger partial charge in [-0.1, -0.05) is 43.3 Å². The molecule has 0 heterocycles. The highest BCUT2D eigenvalue weighted by molar-refractivity contribution is 5.34. The molecule has 0 radical (unpaired) electrons. The highest BCUT2D eigenvalue weighted by atomic mass is 16.5. The minimum absolute atomic E-state index is 0.937. The summed E-state index contributed by atoms with van der Waals surface area (Å²) in [7, 11) is 1.72. The van der Waals surface area contributed by atoms with Crippen molar-refractivity contribution < 1.29 is 4.74 Å². The van der Waals surface area contributed by atoms with E-state index in [2.05, 4.69) is 61.2 Å². The molecule has 2 rings (SSSR count). The molecule has 0 fully saturated rings. The van der Waals surface area contributed by atoms with Gasteiger partial charge >= 0.3 is 0 Å². The third kappa shape index (κ3) is 4.61. The van der Waals surface area contributed by atoms with Crippen LogP contribution in [0.3, 0.4) is 0 Å². The van der Waals surface area contributed by atoms with E-state index in [9.17, 15) is 0 Å². The molecule has 0 N–H and O–H groups in total. The molecule has 21 heavy (non-hydrogen) atoms. The van der Waals surface area contributed by atoms with Crippen molar-refractivity contribution in [2.45, 2.75) is 33.4 Å². The van der Waals surface area contributed by atoms with Gasteiger partial charge in [0.05, 0.1) is 7.11 Å². The Labute approximate surface area is 128 Å². The minimum atomic E-state index is 0.937. The molecule has 0 saturated heterocycles. The van der Waals surface area contributed by atoms with Crippen LogP contribution >= 0.6 is 0 Å². The Balaban J connectivity index is 2.12. The van der Waals surface area contributed by atoms with Gasteiger partial charge in [-0.15, -0.1) is 0 Å². The normalized spacial score (nSPS) is 10.9. The van der Waals surface area contributed by atoms with Crippen LogP contribution in [0.4, 0.5) is 0 Å². The summed E-state index contributed by atoms with van der Waals surface area (Å²) in [6, 6.07) is 17.0. The number of hydrogen-bond donors (Lipinski definition) is 0. The first-order chi connectivity index (χ1) is 10.2. The maximum atomic E-state index is 5.35. The van der Waals surface area contributed by atoms with Crippen LogP contribution in [0.1, 0.15) is 30.0 Å². The van der Waals surface area contributed by atoms with Crippen LogP contribution in [0.2, 0.25) is 0 Å².